The van der Waals surface area contributed by atoms with E-state index in [0.29, 0.717) is 6.04 Å². The van der Waals surface area contributed by atoms with Crippen LogP contribution in [0.5, 0.6) is 0 Å². The Bertz CT molecular complexity index is 614. The van der Waals surface area contributed by atoms with Crippen molar-refractivity contribution in [1.29, 1.82) is 0 Å². The molecule has 1 aromatic carbocycles. The highest BCUT2D eigenvalue weighted by atomic mass is 35.5. The van der Waals surface area contributed by atoms with Gasteiger partial charge >= 0.3 is 0 Å². The second-order valence-electron chi connectivity index (χ2n) is 5.06. The zero-order chi connectivity index (χ0) is 14.3. The Balaban J connectivity index is 1.93. The average molecular weight is 330 g/mol. The van der Waals surface area contributed by atoms with E-state index in [4.69, 9.17) is 23.2 Å². The van der Waals surface area contributed by atoms with Gasteiger partial charge in [0, 0.05) is 15.8 Å². The third kappa shape index (κ3) is 2.73. The van der Waals surface area contributed by atoms with Crippen LogP contribution in [0.1, 0.15) is 23.8 Å². The van der Waals surface area contributed by atoms with Gasteiger partial charge in [0.25, 0.3) is 0 Å². The summed E-state index contributed by atoms with van der Waals surface area (Å²) in [7, 11) is 1.99. The van der Waals surface area contributed by atoms with Crippen molar-refractivity contribution in [1.82, 2.24) is 5.32 Å². The van der Waals surface area contributed by atoms with Crippen LogP contribution in [-0.4, -0.2) is 7.05 Å². The number of thiophene rings is 1. The Kier molecular flexibility index (Phi) is 4.04. The first kappa shape index (κ1) is 14.3. The lowest BCUT2D eigenvalue weighted by molar-refractivity contribution is 0.537. The van der Waals surface area contributed by atoms with Gasteiger partial charge in [-0.05, 0) is 55.6 Å². The van der Waals surface area contributed by atoms with E-state index in [1.807, 2.05) is 13.1 Å². The highest BCUT2D eigenvalue weighted by Gasteiger charge is 2.32. The molecule has 1 atom stereocenters. The van der Waals surface area contributed by atoms with Crippen molar-refractivity contribution in [2.75, 3.05) is 7.05 Å². The Morgan fingerprint density at radius 3 is 2.45 bits per heavy atom. The molecule has 1 aliphatic rings. The molecule has 1 aromatic heterocycles. The Morgan fingerprint density at radius 2 is 1.90 bits per heavy atom. The van der Waals surface area contributed by atoms with Gasteiger partial charge in [-0.15, -0.1) is 11.3 Å². The van der Waals surface area contributed by atoms with Crippen LogP contribution in [0.3, 0.4) is 0 Å². The van der Waals surface area contributed by atoms with E-state index in [1.165, 1.54) is 17.7 Å². The fourth-order valence-electron chi connectivity index (χ4n) is 2.41. The minimum Gasteiger partial charge on any atom is -0.312 e. The Hall–Kier alpha value is -0.610. The zero-order valence-corrected chi connectivity index (χ0v) is 13.2. The molecule has 0 aliphatic heterocycles. The van der Waals surface area contributed by atoms with Gasteiger partial charge in [-0.25, -0.2) is 4.39 Å². The van der Waals surface area contributed by atoms with Crippen LogP contribution >= 0.6 is 34.5 Å². The van der Waals surface area contributed by atoms with Gasteiger partial charge < -0.3 is 5.32 Å². The summed E-state index contributed by atoms with van der Waals surface area (Å²) >= 11 is 13.4. The van der Waals surface area contributed by atoms with Crippen LogP contribution in [-0.2, 0) is 0 Å². The maximum Gasteiger partial charge on any atom is 0.160 e. The molecule has 1 N–H and O–H groups in total. The predicted molar refractivity (Wildman–Crippen MR) is 84.3 cm³/mol. The van der Waals surface area contributed by atoms with Crippen molar-refractivity contribution < 1.29 is 4.39 Å². The monoisotopic (exact) mass is 329 g/mol. The topological polar surface area (TPSA) is 12.0 Å². The van der Waals surface area contributed by atoms with Crippen molar-refractivity contribution in [3.8, 4) is 10.4 Å². The molecule has 0 spiro atoms. The average Bonchev–Trinajstić information content (AvgIpc) is 3.13. The number of hydrogen-bond acceptors (Lipinski definition) is 2. The molecule has 5 heteroatoms. The maximum atomic E-state index is 13.5. The second-order valence-corrected chi connectivity index (χ2v) is 6.99. The molecular weight excluding hydrogens is 316 g/mol. The molecule has 2 aromatic rings. The van der Waals surface area contributed by atoms with Crippen molar-refractivity contribution in [2.45, 2.75) is 18.9 Å². The van der Waals surface area contributed by atoms with Gasteiger partial charge in [0.05, 0.1) is 10.0 Å². The highest BCUT2D eigenvalue weighted by molar-refractivity contribution is 7.15. The van der Waals surface area contributed by atoms with E-state index in [-0.39, 0.29) is 10.0 Å². The molecule has 20 heavy (non-hydrogen) atoms. The minimum absolute atomic E-state index is 0.0646. The van der Waals surface area contributed by atoms with E-state index in [9.17, 15) is 4.39 Å². The fraction of sp³-hybridized carbons (Fsp3) is 0.333. The maximum absolute atomic E-state index is 13.5. The van der Waals surface area contributed by atoms with Gasteiger partial charge in [0.15, 0.2) is 5.82 Å². The molecule has 1 saturated carbocycles. The van der Waals surface area contributed by atoms with E-state index >= 15 is 0 Å². The van der Waals surface area contributed by atoms with Crippen LogP contribution in [0, 0.1) is 11.7 Å². The zero-order valence-electron chi connectivity index (χ0n) is 10.9. The molecule has 1 heterocycles. The number of halogens is 3. The van der Waals surface area contributed by atoms with Gasteiger partial charge in [0.1, 0.15) is 0 Å². The first-order chi connectivity index (χ1) is 9.60. The Labute approximate surface area is 131 Å². The molecule has 0 amide bonds. The van der Waals surface area contributed by atoms with Crippen LogP contribution in [0.15, 0.2) is 24.3 Å². The smallest absolute Gasteiger partial charge is 0.160 e. The summed E-state index contributed by atoms with van der Waals surface area (Å²) in [5, 5.41) is 3.50. The van der Waals surface area contributed by atoms with Crippen LogP contribution in [0.25, 0.3) is 10.4 Å². The van der Waals surface area contributed by atoms with Crippen molar-refractivity contribution >= 4 is 34.5 Å². The van der Waals surface area contributed by atoms with Gasteiger partial charge in [-0.2, -0.15) is 0 Å². The van der Waals surface area contributed by atoms with E-state index in [2.05, 4.69) is 11.4 Å². The first-order valence-electron chi connectivity index (χ1n) is 6.52. The molecule has 106 valence electrons. The van der Waals surface area contributed by atoms with Crippen molar-refractivity contribution in [3.63, 3.8) is 0 Å². The molecule has 3 rings (SSSR count). The normalized spacial score (nSPS) is 16.4. The van der Waals surface area contributed by atoms with Crippen LogP contribution < -0.4 is 5.32 Å². The fourth-order valence-corrected chi connectivity index (χ4v) is 4.10. The molecular formula is C15H14Cl2FNS. The summed E-state index contributed by atoms with van der Waals surface area (Å²) in [6.45, 7) is 0. The van der Waals surface area contributed by atoms with Gasteiger partial charge in [0.2, 0.25) is 0 Å². The molecule has 1 fully saturated rings. The summed E-state index contributed by atoms with van der Waals surface area (Å²) in [4.78, 5) is 2.37. The molecule has 1 aliphatic carbocycles. The van der Waals surface area contributed by atoms with Crippen LogP contribution in [0.2, 0.25) is 10.0 Å². The summed E-state index contributed by atoms with van der Waals surface area (Å²) in [6.07, 6.45) is 2.57. The molecule has 1 unspecified atom stereocenters. The molecule has 0 saturated heterocycles. The molecule has 1 nitrogen and oxygen atoms in total. The van der Waals surface area contributed by atoms with Crippen molar-refractivity contribution in [3.05, 3.63) is 45.0 Å². The predicted octanol–water partition coefficient (Wildman–Crippen LogP) is 5.53. The highest BCUT2D eigenvalue weighted by Crippen LogP contribution is 2.44. The number of benzene rings is 1. The van der Waals surface area contributed by atoms with Crippen LogP contribution in [0.4, 0.5) is 4.39 Å². The third-order valence-electron chi connectivity index (χ3n) is 3.61. The second kappa shape index (κ2) is 5.64. The number of rotatable bonds is 4. The van der Waals surface area contributed by atoms with Gasteiger partial charge in [-0.1, -0.05) is 23.2 Å². The summed E-state index contributed by atoms with van der Waals surface area (Å²) in [5.74, 6) is 0.187. The lowest BCUT2D eigenvalue weighted by atomic mass is 10.1. The third-order valence-corrected chi connectivity index (χ3v) is 5.37. The minimum atomic E-state index is -0.556. The molecule has 0 bridgehead atoms. The standard InChI is InChI=1S/C15H14Cl2FNS/c1-19-15(8-2-3-8)13-5-4-12(20-13)9-6-10(16)14(18)11(17)7-9/h4-8,15,19H,2-3H2,1H3. The largest absolute Gasteiger partial charge is 0.312 e. The Morgan fingerprint density at radius 1 is 1.25 bits per heavy atom. The van der Waals surface area contributed by atoms with E-state index < -0.39 is 5.82 Å². The summed E-state index contributed by atoms with van der Waals surface area (Å²) < 4.78 is 13.5. The first-order valence-corrected chi connectivity index (χ1v) is 8.09. The lowest BCUT2D eigenvalue weighted by Gasteiger charge is -2.12. The lowest BCUT2D eigenvalue weighted by Crippen LogP contribution is -2.16. The summed E-state index contributed by atoms with van der Waals surface area (Å²) in [6, 6.07) is 7.85. The number of hydrogen-bond donors (Lipinski definition) is 1. The molecule has 0 radical (unpaired) electrons. The number of nitrogens with one attached hydrogen (secondary N) is 1. The summed E-state index contributed by atoms with van der Waals surface area (Å²) in [5.41, 5.74) is 0.864. The van der Waals surface area contributed by atoms with E-state index in [1.54, 1.807) is 23.5 Å². The SMILES string of the molecule is CNC(c1ccc(-c2cc(Cl)c(F)c(Cl)c2)s1)C1CC1. The van der Waals surface area contributed by atoms with Gasteiger partial charge in [-0.3, -0.25) is 0 Å². The van der Waals surface area contributed by atoms with E-state index in [0.717, 1.165) is 16.4 Å². The quantitative estimate of drug-likeness (QED) is 0.727. The van der Waals surface area contributed by atoms with Crippen molar-refractivity contribution in [2.24, 2.45) is 5.92 Å².